The summed E-state index contributed by atoms with van der Waals surface area (Å²) < 4.78 is 0. The van der Waals surface area contributed by atoms with E-state index in [1.807, 2.05) is 5.38 Å². The van der Waals surface area contributed by atoms with Crippen LogP contribution in [0.25, 0.3) is 0 Å². The number of nitrogen functional groups attached to an aromatic ring is 1. The number of nitrogens with two attached hydrogens (primary N) is 1. The van der Waals surface area contributed by atoms with E-state index in [4.69, 9.17) is 17.3 Å². The Morgan fingerprint density at radius 3 is 3.00 bits per heavy atom. The number of hydrogen-bond donors (Lipinski definition) is 2. The molecule has 2 heterocycles. The van der Waals surface area contributed by atoms with Crippen molar-refractivity contribution in [2.45, 2.75) is 13.5 Å². The van der Waals surface area contributed by atoms with Crippen molar-refractivity contribution < 1.29 is 0 Å². The summed E-state index contributed by atoms with van der Waals surface area (Å²) in [5, 5.41) is 5.23. The minimum absolute atomic E-state index is 0.187. The van der Waals surface area contributed by atoms with Crippen LogP contribution in [-0.4, -0.2) is 15.0 Å². The van der Waals surface area contributed by atoms with Crippen LogP contribution in [-0.2, 0) is 6.54 Å². The molecule has 0 spiro atoms. The largest absolute Gasteiger partial charge is 0.394 e. The molecule has 3 N–H and O–H groups in total. The van der Waals surface area contributed by atoms with Gasteiger partial charge in [-0.05, 0) is 18.5 Å². The average Bonchev–Trinajstić information content (AvgIpc) is 2.74. The summed E-state index contributed by atoms with van der Waals surface area (Å²) in [6.45, 7) is 2.36. The van der Waals surface area contributed by atoms with Gasteiger partial charge in [0.05, 0.1) is 29.1 Å². The predicted octanol–water partition coefficient (Wildman–Crippen LogP) is 2.09. The van der Waals surface area contributed by atoms with Crippen molar-refractivity contribution in [3.63, 3.8) is 0 Å². The molecule has 84 valence electrons. The van der Waals surface area contributed by atoms with Gasteiger partial charge in [-0.3, -0.25) is 0 Å². The number of nitrogens with zero attached hydrogens (tertiary/aromatic N) is 3. The van der Waals surface area contributed by atoms with Crippen LogP contribution in [0, 0.1) is 6.92 Å². The molecule has 0 saturated carbocycles. The fourth-order valence-corrected chi connectivity index (χ4v) is 1.95. The van der Waals surface area contributed by atoms with E-state index in [9.17, 15) is 0 Å². The molecule has 0 saturated heterocycles. The zero-order valence-corrected chi connectivity index (χ0v) is 10.1. The molecule has 0 aliphatic rings. The molecule has 0 aliphatic carbocycles. The van der Waals surface area contributed by atoms with E-state index >= 15 is 0 Å². The van der Waals surface area contributed by atoms with Gasteiger partial charge in [0.25, 0.3) is 0 Å². The Bertz CT molecular complexity index is 485. The van der Waals surface area contributed by atoms with Crippen LogP contribution in [0.3, 0.4) is 0 Å². The molecule has 2 rings (SSSR count). The van der Waals surface area contributed by atoms with Gasteiger partial charge in [-0.25, -0.2) is 9.97 Å². The maximum Gasteiger partial charge on any atom is 0.224 e. The molecule has 0 bridgehead atoms. The van der Waals surface area contributed by atoms with Crippen molar-refractivity contribution in [3.05, 3.63) is 27.6 Å². The van der Waals surface area contributed by atoms with Crippen molar-refractivity contribution in [2.75, 3.05) is 11.1 Å². The maximum absolute atomic E-state index is 5.83. The molecule has 0 aliphatic heterocycles. The highest BCUT2D eigenvalue weighted by molar-refractivity contribution is 7.07. The van der Waals surface area contributed by atoms with Crippen LogP contribution in [0.15, 0.2) is 10.9 Å². The van der Waals surface area contributed by atoms with Gasteiger partial charge in [0.1, 0.15) is 0 Å². The monoisotopic (exact) mass is 255 g/mol. The molecule has 0 aromatic carbocycles. The fraction of sp³-hybridized carbons (Fsp3) is 0.222. The second-order valence-electron chi connectivity index (χ2n) is 3.17. The van der Waals surface area contributed by atoms with Gasteiger partial charge in [0.15, 0.2) is 5.82 Å². The number of nitrogens with one attached hydrogen (secondary N) is 1. The lowest BCUT2D eigenvalue weighted by Gasteiger charge is -2.08. The minimum Gasteiger partial charge on any atom is -0.394 e. The van der Waals surface area contributed by atoms with Crippen molar-refractivity contribution in [1.82, 2.24) is 15.0 Å². The molecule has 0 unspecified atom stereocenters. The lowest BCUT2D eigenvalue weighted by Crippen LogP contribution is -2.07. The highest BCUT2D eigenvalue weighted by atomic mass is 35.5. The third-order valence-electron chi connectivity index (χ3n) is 2.03. The van der Waals surface area contributed by atoms with Gasteiger partial charge in [-0.1, -0.05) is 0 Å². The quantitative estimate of drug-likeness (QED) is 0.822. The van der Waals surface area contributed by atoms with Crippen molar-refractivity contribution in [3.8, 4) is 0 Å². The second kappa shape index (κ2) is 4.63. The van der Waals surface area contributed by atoms with Crippen LogP contribution < -0.4 is 11.1 Å². The Morgan fingerprint density at radius 1 is 1.50 bits per heavy atom. The molecule has 0 radical (unpaired) electrons. The Balaban J connectivity index is 2.15. The summed E-state index contributed by atoms with van der Waals surface area (Å²) in [6, 6.07) is 0. The van der Waals surface area contributed by atoms with Crippen LogP contribution in [0.4, 0.5) is 11.5 Å². The van der Waals surface area contributed by atoms with E-state index in [0.717, 1.165) is 5.69 Å². The normalized spacial score (nSPS) is 10.4. The molecule has 0 atom stereocenters. The molecule has 0 amide bonds. The van der Waals surface area contributed by atoms with E-state index in [-0.39, 0.29) is 5.28 Å². The highest BCUT2D eigenvalue weighted by Crippen LogP contribution is 2.21. The molecule has 0 fully saturated rings. The zero-order chi connectivity index (χ0) is 11.5. The van der Waals surface area contributed by atoms with Crippen LogP contribution >= 0.6 is 22.9 Å². The van der Waals surface area contributed by atoms with Crippen molar-refractivity contribution in [2.24, 2.45) is 0 Å². The van der Waals surface area contributed by atoms with Gasteiger partial charge < -0.3 is 11.1 Å². The lowest BCUT2D eigenvalue weighted by atomic mass is 10.3. The summed E-state index contributed by atoms with van der Waals surface area (Å²) in [6.07, 6.45) is 0. The number of aryl methyl sites for hydroxylation is 1. The summed E-state index contributed by atoms with van der Waals surface area (Å²) in [7, 11) is 0. The summed E-state index contributed by atoms with van der Waals surface area (Å²) in [5.41, 5.74) is 9.73. The summed E-state index contributed by atoms with van der Waals surface area (Å²) >= 11 is 7.30. The Kier molecular flexibility index (Phi) is 3.21. The number of halogens is 1. The molecular formula is C9H10ClN5S. The number of aromatic nitrogens is 3. The van der Waals surface area contributed by atoms with Gasteiger partial charge in [-0.15, -0.1) is 11.3 Å². The highest BCUT2D eigenvalue weighted by Gasteiger charge is 2.07. The van der Waals surface area contributed by atoms with E-state index in [0.29, 0.717) is 23.7 Å². The topological polar surface area (TPSA) is 76.7 Å². The SMILES string of the molecule is Cc1nc(Cl)nc(NCc2cscn2)c1N. The van der Waals surface area contributed by atoms with Crippen LogP contribution in [0.2, 0.25) is 5.28 Å². The Morgan fingerprint density at radius 2 is 2.31 bits per heavy atom. The first-order valence-corrected chi connectivity index (χ1v) is 5.89. The third kappa shape index (κ3) is 2.40. The Hall–Kier alpha value is -1.40. The first-order valence-electron chi connectivity index (χ1n) is 4.57. The number of hydrogen-bond acceptors (Lipinski definition) is 6. The van der Waals surface area contributed by atoms with E-state index in [1.54, 1.807) is 23.8 Å². The zero-order valence-electron chi connectivity index (χ0n) is 8.57. The van der Waals surface area contributed by atoms with E-state index < -0.39 is 0 Å². The molecule has 7 heteroatoms. The molecule has 16 heavy (non-hydrogen) atoms. The fourth-order valence-electron chi connectivity index (χ4n) is 1.18. The van der Waals surface area contributed by atoms with Gasteiger partial charge in [0, 0.05) is 5.38 Å². The number of anilines is 2. The van der Waals surface area contributed by atoms with Crippen LogP contribution in [0.1, 0.15) is 11.4 Å². The lowest BCUT2D eigenvalue weighted by molar-refractivity contribution is 1.03. The van der Waals surface area contributed by atoms with E-state index in [2.05, 4.69) is 20.3 Å². The third-order valence-corrected chi connectivity index (χ3v) is 2.83. The second-order valence-corrected chi connectivity index (χ2v) is 4.23. The average molecular weight is 256 g/mol. The molecule has 2 aromatic rings. The predicted molar refractivity (Wildman–Crippen MR) is 65.6 cm³/mol. The van der Waals surface area contributed by atoms with E-state index in [1.165, 1.54) is 0 Å². The number of thiazole rings is 1. The smallest absolute Gasteiger partial charge is 0.224 e. The first kappa shape index (κ1) is 11.1. The molecular weight excluding hydrogens is 246 g/mol. The van der Waals surface area contributed by atoms with Gasteiger partial charge >= 0.3 is 0 Å². The van der Waals surface area contributed by atoms with Crippen LogP contribution in [0.5, 0.6) is 0 Å². The number of rotatable bonds is 3. The maximum atomic E-state index is 5.83. The van der Waals surface area contributed by atoms with Gasteiger partial charge in [-0.2, -0.15) is 4.98 Å². The summed E-state index contributed by atoms with van der Waals surface area (Å²) in [4.78, 5) is 12.1. The molecule has 5 nitrogen and oxygen atoms in total. The molecule has 2 aromatic heterocycles. The Labute approximate surface area is 102 Å². The minimum atomic E-state index is 0.187. The van der Waals surface area contributed by atoms with Crippen molar-refractivity contribution in [1.29, 1.82) is 0 Å². The van der Waals surface area contributed by atoms with Gasteiger partial charge in [0.2, 0.25) is 5.28 Å². The standard InChI is InChI=1S/C9H10ClN5S/c1-5-7(11)8(15-9(10)14-5)12-2-6-3-16-4-13-6/h3-4H,2,11H2,1H3,(H,12,14,15). The van der Waals surface area contributed by atoms with Crippen molar-refractivity contribution >= 4 is 34.4 Å². The first-order chi connectivity index (χ1) is 7.66. The summed E-state index contributed by atoms with van der Waals surface area (Å²) in [5.74, 6) is 0.547.